The summed E-state index contributed by atoms with van der Waals surface area (Å²) in [5.41, 5.74) is 2.14. The van der Waals surface area contributed by atoms with Crippen molar-refractivity contribution in [2.45, 2.75) is 117 Å². The summed E-state index contributed by atoms with van der Waals surface area (Å²) < 4.78 is 52.2. The van der Waals surface area contributed by atoms with E-state index >= 15 is 0 Å². The summed E-state index contributed by atoms with van der Waals surface area (Å²) in [5.74, 6) is 0.439. The van der Waals surface area contributed by atoms with Crippen LogP contribution in [0.15, 0.2) is 30.3 Å². The maximum absolute atomic E-state index is 11.5. The van der Waals surface area contributed by atoms with Crippen molar-refractivity contribution in [3.63, 3.8) is 0 Å². The molecule has 2 aromatic carbocycles. The number of aliphatic hydroxyl groups excluding tert-OH is 12. The van der Waals surface area contributed by atoms with Crippen molar-refractivity contribution < 1.29 is 104 Å². The molecule has 2 aromatic rings. The minimum atomic E-state index is -1.93. The van der Waals surface area contributed by atoms with Gasteiger partial charge in [-0.05, 0) is 42.2 Å². The fraction of sp³-hybridized carbons (Fsp3) is 0.684. The molecule has 0 saturated carbocycles. The minimum Gasteiger partial charge on any atom is -0.493 e. The molecule has 0 aliphatic carbocycles. The maximum atomic E-state index is 11.5. The molecule has 59 heavy (non-hydrogen) atoms. The van der Waals surface area contributed by atoms with Crippen molar-refractivity contribution in [3.8, 4) is 23.0 Å². The van der Waals surface area contributed by atoms with E-state index in [4.69, 9.17) is 42.6 Å². The zero-order chi connectivity index (χ0) is 42.7. The number of fused-ring (bicyclic) bond motifs is 1. The van der Waals surface area contributed by atoms with Gasteiger partial charge in [0.05, 0.1) is 46.6 Å². The second-order valence-corrected chi connectivity index (χ2v) is 14.8. The van der Waals surface area contributed by atoms with Crippen LogP contribution >= 0.6 is 0 Å². The number of aliphatic hydroxyl groups is 12. The molecule has 4 aliphatic heterocycles. The number of hydrogen-bond acceptors (Lipinski definition) is 21. The van der Waals surface area contributed by atoms with E-state index < -0.39 is 124 Å². The van der Waals surface area contributed by atoms with E-state index in [1.165, 1.54) is 20.3 Å². The minimum absolute atomic E-state index is 0.00118. The summed E-state index contributed by atoms with van der Waals surface area (Å²) in [6.07, 6.45) is -25.3. The predicted octanol–water partition coefficient (Wildman–Crippen LogP) is -4.33. The largest absolute Gasteiger partial charge is 0.493 e. The molecule has 4 aliphatic rings. The molecule has 0 spiro atoms. The van der Waals surface area contributed by atoms with E-state index in [0.717, 1.165) is 5.56 Å². The Morgan fingerprint density at radius 1 is 0.593 bits per heavy atom. The highest BCUT2D eigenvalue weighted by atomic mass is 16.8. The molecule has 6 rings (SSSR count). The van der Waals surface area contributed by atoms with Crippen LogP contribution < -0.4 is 18.9 Å². The molecule has 21 heteroatoms. The number of hydrogen-bond donors (Lipinski definition) is 12. The standard InChI is InChI=1S/C38H54O21/c1-51-20-10-16(33-18(11-40)17-8-15(4-3-7-39)9-21(52-2)34(17)58-33)5-6-19(20)54-38-35(59-37-32(50)29(47)26(44)23(13-42)56-37)30(48)27(45)24(57-38)14-53-36-31(49)28(46)25(43)22(12-41)55-36/h5-6,8-10,18,22-33,35-50H,3-4,7,11-14H2,1-2H3. The van der Waals surface area contributed by atoms with E-state index in [1.807, 2.05) is 12.1 Å². The number of aryl methyl sites for hydroxylation is 1. The quantitative estimate of drug-likeness (QED) is 0.0760. The van der Waals surface area contributed by atoms with Gasteiger partial charge < -0.3 is 104 Å². The summed E-state index contributed by atoms with van der Waals surface area (Å²) in [5, 5.41) is 124. The van der Waals surface area contributed by atoms with Crippen LogP contribution in [0, 0.1) is 0 Å². The lowest BCUT2D eigenvalue weighted by atomic mass is 9.90. The Bertz CT molecular complexity index is 1660. The van der Waals surface area contributed by atoms with Gasteiger partial charge in [-0.15, -0.1) is 0 Å². The van der Waals surface area contributed by atoms with Gasteiger partial charge in [-0.25, -0.2) is 0 Å². The fourth-order valence-corrected chi connectivity index (χ4v) is 7.63. The third kappa shape index (κ3) is 9.27. The molecule has 332 valence electrons. The van der Waals surface area contributed by atoms with Crippen LogP contribution in [-0.4, -0.2) is 201 Å². The Morgan fingerprint density at radius 3 is 1.81 bits per heavy atom. The average molecular weight is 847 g/mol. The van der Waals surface area contributed by atoms with Gasteiger partial charge >= 0.3 is 0 Å². The van der Waals surface area contributed by atoms with E-state index in [9.17, 15) is 61.3 Å². The molecule has 0 aromatic heterocycles. The molecule has 17 unspecified atom stereocenters. The van der Waals surface area contributed by atoms with Crippen LogP contribution in [0.25, 0.3) is 0 Å². The highest BCUT2D eigenvalue weighted by Crippen LogP contribution is 2.51. The van der Waals surface area contributed by atoms with Crippen molar-refractivity contribution in [3.05, 3.63) is 47.0 Å². The summed E-state index contributed by atoms with van der Waals surface area (Å²) in [7, 11) is 2.84. The maximum Gasteiger partial charge on any atom is 0.229 e. The SMILES string of the molecule is COc1cc(C2Oc3c(OC)cc(CCCO)cc3C2CO)ccc1OC1OC(COC2OC(CO)C(O)C(O)C2O)C(O)C(O)C1OC1OC(CO)C(O)C(O)C1O. The lowest BCUT2D eigenvalue weighted by molar-refractivity contribution is -0.363. The third-order valence-corrected chi connectivity index (χ3v) is 11.0. The Hall–Kier alpha value is -3.04. The fourth-order valence-electron chi connectivity index (χ4n) is 7.63. The molecule has 0 radical (unpaired) electrons. The van der Waals surface area contributed by atoms with E-state index in [1.54, 1.807) is 12.1 Å². The lowest BCUT2D eigenvalue weighted by Crippen LogP contribution is -2.65. The predicted molar refractivity (Wildman–Crippen MR) is 194 cm³/mol. The van der Waals surface area contributed by atoms with Gasteiger partial charge in [-0.3, -0.25) is 0 Å². The number of benzene rings is 2. The molecular weight excluding hydrogens is 792 g/mol. The summed E-state index contributed by atoms with van der Waals surface area (Å²) >= 11 is 0. The molecule has 17 atom stereocenters. The van der Waals surface area contributed by atoms with Crippen LogP contribution in [-0.2, 0) is 30.1 Å². The zero-order valence-electron chi connectivity index (χ0n) is 32.2. The van der Waals surface area contributed by atoms with Crippen molar-refractivity contribution >= 4 is 0 Å². The van der Waals surface area contributed by atoms with E-state index in [0.29, 0.717) is 35.5 Å². The number of methoxy groups -OCH3 is 2. The second-order valence-electron chi connectivity index (χ2n) is 14.8. The van der Waals surface area contributed by atoms with Gasteiger partial charge in [0.2, 0.25) is 6.29 Å². The highest BCUT2D eigenvalue weighted by Gasteiger charge is 2.53. The van der Waals surface area contributed by atoms with Crippen LogP contribution in [0.2, 0.25) is 0 Å². The Balaban J connectivity index is 1.27. The van der Waals surface area contributed by atoms with Crippen molar-refractivity contribution in [2.75, 3.05) is 47.3 Å². The van der Waals surface area contributed by atoms with Crippen molar-refractivity contribution in [1.29, 1.82) is 0 Å². The molecule has 0 amide bonds. The van der Waals surface area contributed by atoms with Crippen LogP contribution in [0.4, 0.5) is 0 Å². The molecule has 3 fully saturated rings. The first-order valence-electron chi connectivity index (χ1n) is 19.1. The van der Waals surface area contributed by atoms with Gasteiger partial charge in [0.25, 0.3) is 0 Å². The Labute approximate surface area is 338 Å². The van der Waals surface area contributed by atoms with Crippen molar-refractivity contribution in [2.24, 2.45) is 0 Å². The summed E-state index contributed by atoms with van der Waals surface area (Å²) in [6, 6.07) is 8.39. The molecule has 0 bridgehead atoms. The normalized spacial score (nSPS) is 38.4. The molecule has 3 saturated heterocycles. The smallest absolute Gasteiger partial charge is 0.229 e. The third-order valence-electron chi connectivity index (χ3n) is 11.0. The Morgan fingerprint density at radius 2 is 1.20 bits per heavy atom. The molecule has 4 heterocycles. The van der Waals surface area contributed by atoms with Crippen LogP contribution in [0.3, 0.4) is 0 Å². The first-order chi connectivity index (χ1) is 28.3. The number of ether oxygens (including phenoxy) is 9. The van der Waals surface area contributed by atoms with Crippen LogP contribution in [0.1, 0.15) is 35.1 Å². The van der Waals surface area contributed by atoms with E-state index in [-0.39, 0.29) is 24.7 Å². The first kappa shape index (κ1) is 45.5. The van der Waals surface area contributed by atoms with Crippen molar-refractivity contribution in [1.82, 2.24) is 0 Å². The van der Waals surface area contributed by atoms with E-state index in [2.05, 4.69) is 0 Å². The molecule has 12 N–H and O–H groups in total. The van der Waals surface area contributed by atoms with Gasteiger partial charge in [0.1, 0.15) is 73.2 Å². The van der Waals surface area contributed by atoms with Gasteiger partial charge in [-0.1, -0.05) is 12.1 Å². The second kappa shape index (κ2) is 19.8. The van der Waals surface area contributed by atoms with Gasteiger partial charge in [0.15, 0.2) is 41.7 Å². The average Bonchev–Trinajstić information content (AvgIpc) is 3.62. The Kier molecular flexibility index (Phi) is 15.2. The van der Waals surface area contributed by atoms with Crippen LogP contribution in [0.5, 0.6) is 23.0 Å². The van der Waals surface area contributed by atoms with Gasteiger partial charge in [-0.2, -0.15) is 0 Å². The summed E-state index contributed by atoms with van der Waals surface area (Å²) in [4.78, 5) is 0. The highest BCUT2D eigenvalue weighted by molar-refractivity contribution is 5.56. The molecule has 21 nitrogen and oxygen atoms in total. The summed E-state index contributed by atoms with van der Waals surface area (Å²) in [6.45, 7) is -2.47. The lowest BCUT2D eigenvalue weighted by Gasteiger charge is -2.46. The number of rotatable bonds is 16. The monoisotopic (exact) mass is 846 g/mol. The first-order valence-corrected chi connectivity index (χ1v) is 19.1. The zero-order valence-corrected chi connectivity index (χ0v) is 32.2. The molecular formula is C38H54O21. The van der Waals surface area contributed by atoms with Gasteiger partial charge in [0, 0.05) is 12.2 Å². The topological polar surface area (TPSA) is 326 Å².